The van der Waals surface area contributed by atoms with Crippen molar-refractivity contribution in [3.8, 4) is 5.75 Å². The summed E-state index contributed by atoms with van der Waals surface area (Å²) in [5.41, 5.74) is 8.68. The van der Waals surface area contributed by atoms with Gasteiger partial charge in [-0.2, -0.15) is 8.78 Å². The highest BCUT2D eigenvalue weighted by molar-refractivity contribution is 5.93. The van der Waals surface area contributed by atoms with Crippen molar-refractivity contribution in [3.63, 3.8) is 0 Å². The molecule has 2 fully saturated rings. The summed E-state index contributed by atoms with van der Waals surface area (Å²) in [6, 6.07) is 14.0. The van der Waals surface area contributed by atoms with Crippen molar-refractivity contribution in [3.05, 3.63) is 76.9 Å². The number of carbonyl (C=O) groups excluding carboxylic acids is 1. The van der Waals surface area contributed by atoms with Crippen molar-refractivity contribution >= 4 is 5.91 Å². The minimum absolute atomic E-state index is 0.0204. The summed E-state index contributed by atoms with van der Waals surface area (Å²) in [5, 5.41) is 3.23. The first kappa shape index (κ1) is 23.3. The molecule has 0 bridgehead atoms. The van der Waals surface area contributed by atoms with Crippen molar-refractivity contribution in [2.45, 2.75) is 37.2 Å². The van der Waals surface area contributed by atoms with Crippen LogP contribution in [-0.2, 0) is 20.1 Å². The van der Waals surface area contributed by atoms with Crippen LogP contribution in [0.1, 0.15) is 35.4 Å². The number of nitrogens with zero attached hydrogens (tertiary/aromatic N) is 1. The first-order valence-corrected chi connectivity index (χ1v) is 10.6. The van der Waals surface area contributed by atoms with Gasteiger partial charge in [0.05, 0.1) is 7.11 Å². The summed E-state index contributed by atoms with van der Waals surface area (Å²) in [6.45, 7) is -2.51. The Hall–Kier alpha value is -2.85. The number of hydrogen-bond acceptors (Lipinski definition) is 6. The zero-order valence-electron chi connectivity index (χ0n) is 18.5. The Morgan fingerprint density at radius 2 is 1.94 bits per heavy atom. The molecule has 2 unspecified atom stereocenters. The Kier molecular flexibility index (Phi) is 6.76. The molecule has 1 aliphatic carbocycles. The average molecular weight is 459 g/mol. The Bertz CT molecular complexity index is 1020. The normalized spacial score (nSPS) is 24.8. The van der Waals surface area contributed by atoms with Gasteiger partial charge < -0.3 is 9.64 Å². The van der Waals surface area contributed by atoms with Crippen LogP contribution in [0.3, 0.4) is 0 Å². The second kappa shape index (κ2) is 9.56. The summed E-state index contributed by atoms with van der Waals surface area (Å²) in [4.78, 5) is 24.4. The third-order valence-electron chi connectivity index (χ3n) is 6.30. The van der Waals surface area contributed by atoms with Gasteiger partial charge in [-0.3, -0.25) is 15.8 Å². The molecular formula is C24H27F2N3O4. The maximum absolute atomic E-state index is 13.5. The van der Waals surface area contributed by atoms with Crippen molar-refractivity contribution in [1.29, 1.82) is 0 Å². The van der Waals surface area contributed by atoms with E-state index < -0.39 is 18.4 Å². The Morgan fingerprint density at radius 3 is 2.55 bits per heavy atom. The predicted molar refractivity (Wildman–Crippen MR) is 117 cm³/mol. The first-order chi connectivity index (χ1) is 15.8. The second-order valence-electron chi connectivity index (χ2n) is 8.20. The highest BCUT2D eigenvalue weighted by Crippen LogP contribution is 2.43. The number of halogens is 2. The topological polar surface area (TPSA) is 86.0 Å². The molecule has 1 aliphatic heterocycles. The molecule has 2 atom stereocenters. The van der Waals surface area contributed by atoms with E-state index in [-0.39, 0.29) is 11.7 Å². The van der Waals surface area contributed by atoms with Crippen LogP contribution in [0.15, 0.2) is 60.2 Å². The van der Waals surface area contributed by atoms with Gasteiger partial charge in [0, 0.05) is 7.05 Å². The van der Waals surface area contributed by atoms with E-state index in [1.165, 1.54) is 29.7 Å². The number of hydrogen-bond donors (Lipinski definition) is 2. The monoisotopic (exact) mass is 459 g/mol. The summed E-state index contributed by atoms with van der Waals surface area (Å²) >= 11 is 0. The molecule has 2 aromatic carbocycles. The zero-order valence-corrected chi connectivity index (χ0v) is 18.5. The smallest absolute Gasteiger partial charge is 0.387 e. The number of nitrogens with one attached hydrogen (secondary N) is 1. The number of rotatable bonds is 8. The summed E-state index contributed by atoms with van der Waals surface area (Å²) in [5.74, 6) is 0.132. The first-order valence-electron chi connectivity index (χ1n) is 10.6. The number of nitrogens with two attached hydrogens (primary N) is 1. The van der Waals surface area contributed by atoms with Crippen LogP contribution in [0.5, 0.6) is 5.75 Å². The van der Waals surface area contributed by atoms with E-state index in [1.54, 1.807) is 19.2 Å². The van der Waals surface area contributed by atoms with Gasteiger partial charge in [0.15, 0.2) is 5.54 Å². The number of carbonyl (C=O) groups is 1. The van der Waals surface area contributed by atoms with Crippen LogP contribution in [0.25, 0.3) is 0 Å². The van der Waals surface area contributed by atoms with Crippen LogP contribution in [0, 0.1) is 0 Å². The SMILES string of the molecule is COOCC=C1CC(c2cccc(C3(c4ccc(OC(F)F)cc4)NC(N)N(C)C3=O)c2)C1. The minimum atomic E-state index is -2.92. The highest BCUT2D eigenvalue weighted by Gasteiger charge is 2.51. The molecule has 1 saturated carbocycles. The third-order valence-corrected chi connectivity index (χ3v) is 6.30. The van der Waals surface area contributed by atoms with E-state index in [1.807, 2.05) is 30.3 Å². The molecule has 3 N–H and O–H groups in total. The molecule has 0 spiro atoms. The van der Waals surface area contributed by atoms with E-state index in [4.69, 9.17) is 10.6 Å². The van der Waals surface area contributed by atoms with Gasteiger partial charge >= 0.3 is 6.61 Å². The molecule has 176 valence electrons. The lowest BCUT2D eigenvalue weighted by Gasteiger charge is -2.33. The lowest BCUT2D eigenvalue weighted by atomic mass is 9.74. The molecule has 33 heavy (non-hydrogen) atoms. The predicted octanol–water partition coefficient (Wildman–Crippen LogP) is 3.22. The van der Waals surface area contributed by atoms with Gasteiger partial charge in [-0.15, -0.1) is 0 Å². The number of likely N-dealkylation sites (N-methyl/N-ethyl adjacent to an activating group) is 1. The standard InChI is InChI=1S/C24H27F2N3O4/c1-29-21(30)24(28-23(29)27,18-6-8-20(9-7-18)33-22(25)26)19-5-3-4-16(14-19)17-12-15(13-17)10-11-32-31-2/h3-10,14,17,22-23,28H,11-13,27H2,1-2H3. The van der Waals surface area contributed by atoms with Crippen molar-refractivity contribution in [1.82, 2.24) is 10.2 Å². The molecule has 4 rings (SSSR count). The molecule has 9 heteroatoms. The maximum Gasteiger partial charge on any atom is 0.387 e. The van der Waals surface area contributed by atoms with Gasteiger partial charge in [-0.25, -0.2) is 9.78 Å². The van der Waals surface area contributed by atoms with Crippen LogP contribution >= 0.6 is 0 Å². The van der Waals surface area contributed by atoms with Crippen LogP contribution in [0.4, 0.5) is 8.78 Å². The number of amides is 1. The Morgan fingerprint density at radius 1 is 1.21 bits per heavy atom. The van der Waals surface area contributed by atoms with Crippen molar-refractivity contribution in [2.24, 2.45) is 5.73 Å². The lowest BCUT2D eigenvalue weighted by molar-refractivity contribution is -0.263. The molecular weight excluding hydrogens is 432 g/mol. The fourth-order valence-electron chi connectivity index (χ4n) is 4.46. The molecule has 2 aliphatic rings. The van der Waals surface area contributed by atoms with E-state index in [2.05, 4.69) is 14.9 Å². The van der Waals surface area contributed by atoms with E-state index in [0.717, 1.165) is 24.0 Å². The fourth-order valence-corrected chi connectivity index (χ4v) is 4.46. The maximum atomic E-state index is 13.5. The second-order valence-corrected chi connectivity index (χ2v) is 8.20. The van der Waals surface area contributed by atoms with E-state index >= 15 is 0 Å². The van der Waals surface area contributed by atoms with Crippen LogP contribution in [0.2, 0.25) is 0 Å². The average Bonchev–Trinajstić information content (AvgIpc) is 3.00. The molecule has 0 aromatic heterocycles. The molecule has 7 nitrogen and oxygen atoms in total. The zero-order chi connectivity index (χ0) is 23.6. The van der Waals surface area contributed by atoms with E-state index in [0.29, 0.717) is 18.1 Å². The quantitative estimate of drug-likeness (QED) is 0.273. The minimum Gasteiger partial charge on any atom is -0.435 e. The van der Waals surface area contributed by atoms with E-state index in [9.17, 15) is 13.6 Å². The Balaban J connectivity index is 1.65. The molecule has 2 aromatic rings. The molecule has 0 radical (unpaired) electrons. The summed E-state index contributed by atoms with van der Waals surface area (Å²) < 4.78 is 29.6. The largest absolute Gasteiger partial charge is 0.435 e. The lowest BCUT2D eigenvalue weighted by Crippen LogP contribution is -2.48. The highest BCUT2D eigenvalue weighted by atomic mass is 19.3. The van der Waals surface area contributed by atoms with Crippen molar-refractivity contribution < 1.29 is 28.1 Å². The number of allylic oxidation sites excluding steroid dienone is 1. The van der Waals surface area contributed by atoms with Crippen LogP contribution < -0.4 is 15.8 Å². The van der Waals surface area contributed by atoms with Crippen LogP contribution in [-0.4, -0.2) is 44.5 Å². The van der Waals surface area contributed by atoms with Gasteiger partial charge in [0.2, 0.25) is 0 Å². The number of ether oxygens (including phenoxy) is 1. The van der Waals surface area contributed by atoms with Gasteiger partial charge in [0.25, 0.3) is 5.91 Å². The summed E-state index contributed by atoms with van der Waals surface area (Å²) in [6.07, 6.45) is 3.13. The third kappa shape index (κ3) is 4.49. The summed E-state index contributed by atoms with van der Waals surface area (Å²) in [7, 11) is 3.11. The van der Waals surface area contributed by atoms with Gasteiger partial charge in [-0.1, -0.05) is 48.0 Å². The number of benzene rings is 2. The molecule has 1 saturated heterocycles. The molecule has 1 heterocycles. The fraction of sp³-hybridized carbons (Fsp3) is 0.375. The Labute approximate surface area is 191 Å². The number of alkyl halides is 2. The van der Waals surface area contributed by atoms with Gasteiger partial charge in [-0.05, 0) is 47.6 Å². The molecule has 1 amide bonds. The van der Waals surface area contributed by atoms with Crippen molar-refractivity contribution in [2.75, 3.05) is 20.8 Å². The van der Waals surface area contributed by atoms with Gasteiger partial charge in [0.1, 0.15) is 18.6 Å².